The molecular formula is C43H75N5O15S. The molecular weight excluding hydrogens is 859 g/mol. The average Bonchev–Trinajstić information content (AvgIpc) is 3.10. The Labute approximate surface area is 382 Å². The first-order valence-electron chi connectivity index (χ1n) is 21.7. The predicted octanol–water partition coefficient (Wildman–Crippen LogP) is 3.04. The highest BCUT2D eigenvalue weighted by Gasteiger charge is 2.56. The molecule has 0 aromatic carbocycles. The van der Waals surface area contributed by atoms with Gasteiger partial charge in [-0.1, -0.05) is 0 Å². The van der Waals surface area contributed by atoms with Crippen LogP contribution in [-0.2, 0) is 42.2 Å². The van der Waals surface area contributed by atoms with Gasteiger partial charge in [-0.25, -0.2) is 14.4 Å². The summed E-state index contributed by atoms with van der Waals surface area (Å²) in [5.74, 6) is -1.43. The van der Waals surface area contributed by atoms with Crippen molar-refractivity contribution in [2.45, 2.75) is 191 Å². The Balaban J connectivity index is 2.10. The number of aliphatic hydroxyl groups is 3. The molecule has 1 saturated carbocycles. The number of ether oxygens (including phenoxy) is 6. The third-order valence-electron chi connectivity index (χ3n) is 9.92. The summed E-state index contributed by atoms with van der Waals surface area (Å²) >= 11 is 1.35. The Bertz CT molecular complexity index is 1620. The van der Waals surface area contributed by atoms with Gasteiger partial charge in [0.2, 0.25) is 5.91 Å². The summed E-state index contributed by atoms with van der Waals surface area (Å²) in [5.41, 5.74) is -4.54. The van der Waals surface area contributed by atoms with E-state index >= 15 is 0 Å². The Morgan fingerprint density at radius 2 is 1.45 bits per heavy atom. The summed E-state index contributed by atoms with van der Waals surface area (Å²) < 4.78 is 41.3. The highest BCUT2D eigenvalue weighted by Crippen LogP contribution is 2.39. The van der Waals surface area contributed by atoms with Gasteiger partial charge in [-0.2, -0.15) is 0 Å². The van der Waals surface area contributed by atoms with Crippen LogP contribution in [0.5, 0.6) is 0 Å². The van der Waals surface area contributed by atoms with Gasteiger partial charge >= 0.3 is 18.3 Å². The number of aliphatic hydroxyl groups excluding tert-OH is 2. The maximum atomic E-state index is 13.5. The Morgan fingerprint density at radius 3 is 2.00 bits per heavy atom. The highest BCUT2D eigenvalue weighted by molar-refractivity contribution is 7.96. The molecule has 1 unspecified atom stereocenters. The Kier molecular flexibility index (Phi) is 19.2. The fourth-order valence-electron chi connectivity index (χ4n) is 7.58. The van der Waals surface area contributed by atoms with Crippen molar-refractivity contribution >= 4 is 42.5 Å². The second kappa shape index (κ2) is 22.4. The van der Waals surface area contributed by atoms with Crippen molar-refractivity contribution in [3.8, 4) is 0 Å². The van der Waals surface area contributed by atoms with Crippen LogP contribution < -0.4 is 21.3 Å². The third-order valence-corrected chi connectivity index (χ3v) is 10.7. The molecule has 0 aromatic rings. The van der Waals surface area contributed by atoms with E-state index in [0.29, 0.717) is 25.2 Å². The number of amides is 4. The second-order valence-electron chi connectivity index (χ2n) is 20.7. The Hall–Kier alpha value is -3.44. The number of hydrogen-bond donors (Lipinski definition) is 7. The number of nitrogens with zero attached hydrogens (tertiary/aromatic N) is 1. The smallest absolute Gasteiger partial charge is 0.410 e. The molecule has 4 amide bonds. The molecule has 3 aliphatic rings. The largest absolute Gasteiger partial charge is 0.491 e. The molecule has 0 radical (unpaired) electrons. The quantitative estimate of drug-likeness (QED) is 0.0409. The molecule has 2 heterocycles. The highest BCUT2D eigenvalue weighted by atomic mass is 32.2. The fourth-order valence-corrected chi connectivity index (χ4v) is 8.10. The van der Waals surface area contributed by atoms with Crippen LogP contribution in [0.1, 0.15) is 109 Å². The summed E-state index contributed by atoms with van der Waals surface area (Å²) in [6.45, 7) is 23.2. The summed E-state index contributed by atoms with van der Waals surface area (Å²) in [5, 5.41) is 47.7. The number of rotatable bonds is 15. The van der Waals surface area contributed by atoms with E-state index in [-0.39, 0.29) is 24.1 Å². The van der Waals surface area contributed by atoms with Gasteiger partial charge in [0.15, 0.2) is 6.29 Å². The maximum Gasteiger partial charge on any atom is 0.410 e. The Morgan fingerprint density at radius 1 is 0.875 bits per heavy atom. The molecule has 0 aromatic heterocycles. The summed E-state index contributed by atoms with van der Waals surface area (Å²) in [7, 11) is 1.34. The van der Waals surface area contributed by atoms with Crippen molar-refractivity contribution in [2.75, 3.05) is 33.4 Å². The number of nitrogens with one attached hydrogen (secondary N) is 4. The molecule has 11 atom stereocenters. The lowest BCUT2D eigenvalue weighted by Gasteiger charge is -2.52. The number of carbonyl (C=O) groups is 5. The van der Waals surface area contributed by atoms with Gasteiger partial charge in [0, 0.05) is 30.3 Å². The number of aldehydes is 1. The molecule has 368 valence electrons. The predicted molar refractivity (Wildman–Crippen MR) is 236 cm³/mol. The van der Waals surface area contributed by atoms with Crippen molar-refractivity contribution in [1.29, 1.82) is 0 Å². The van der Waals surface area contributed by atoms with E-state index in [1.807, 2.05) is 20.8 Å². The van der Waals surface area contributed by atoms with Gasteiger partial charge in [0.25, 0.3) is 0 Å². The van der Waals surface area contributed by atoms with E-state index in [9.17, 15) is 39.3 Å². The normalized spacial score (nSPS) is 30.2. The molecule has 2 fully saturated rings. The SMILES string of the molecule is CN(C(=O)OC(C)(C)C)[C@@H]1[C@@H](O)[C@@H](O[C@@H]2[C@@H](O)[C@H](C3OC(CNCCOSC(C)(C)C)=CC[C@H]3NC(=O)OC(C)(C)C)[C@@H](NC(=O)OC(C)(C)C)C[C@H]2NC(=O)CC=O)OC[C@]1(C)O. The lowest BCUT2D eigenvalue weighted by Crippen LogP contribution is -2.71. The van der Waals surface area contributed by atoms with Crippen LogP contribution in [0.3, 0.4) is 0 Å². The fraction of sp³-hybridized carbons (Fsp3) is 0.837. The second-order valence-corrected chi connectivity index (χ2v) is 22.3. The van der Waals surface area contributed by atoms with Gasteiger partial charge in [-0.3, -0.25) is 4.79 Å². The van der Waals surface area contributed by atoms with Crippen LogP contribution in [0.2, 0.25) is 0 Å². The van der Waals surface area contributed by atoms with Crippen LogP contribution in [0.15, 0.2) is 11.8 Å². The van der Waals surface area contributed by atoms with Crippen LogP contribution >= 0.6 is 12.0 Å². The molecule has 20 nitrogen and oxygen atoms in total. The molecule has 64 heavy (non-hydrogen) atoms. The van der Waals surface area contributed by atoms with Gasteiger partial charge in [-0.15, -0.1) is 0 Å². The lowest BCUT2D eigenvalue weighted by molar-refractivity contribution is -0.305. The van der Waals surface area contributed by atoms with Crippen LogP contribution in [0.4, 0.5) is 14.4 Å². The lowest BCUT2D eigenvalue weighted by atomic mass is 9.72. The summed E-state index contributed by atoms with van der Waals surface area (Å²) in [6, 6.07) is -4.45. The minimum absolute atomic E-state index is 0.0975. The third kappa shape index (κ3) is 17.4. The molecule has 21 heteroatoms. The van der Waals surface area contributed by atoms with Crippen LogP contribution in [0.25, 0.3) is 0 Å². The van der Waals surface area contributed by atoms with E-state index in [1.165, 1.54) is 26.0 Å². The van der Waals surface area contributed by atoms with Crippen molar-refractivity contribution in [3.05, 3.63) is 11.8 Å². The first-order chi connectivity index (χ1) is 29.3. The molecule has 2 aliphatic heterocycles. The van der Waals surface area contributed by atoms with Crippen LogP contribution in [0, 0.1) is 5.92 Å². The maximum absolute atomic E-state index is 13.5. The monoisotopic (exact) mass is 933 g/mol. The van der Waals surface area contributed by atoms with Crippen molar-refractivity contribution < 1.29 is 71.9 Å². The topological polar surface area (TPSA) is 262 Å². The molecule has 3 rings (SSSR count). The number of alkyl carbamates (subject to hydrolysis) is 2. The van der Waals surface area contributed by atoms with Gasteiger partial charge in [0.05, 0.1) is 50.4 Å². The molecule has 1 saturated heterocycles. The standard InChI is InChI=1S/C43H75N5O15S/c1-39(2,3)61-36(53)46-25-16-15-24(22-44-18-20-58-64-42(10,11)12)59-32(25)29-26(47-37(54)62-40(4,5)6)21-27(45-28(50)17-19-49)33(30(29)51)60-35-31(52)34(43(13,56)23-57-35)48(14)38(55)63-41(7,8)9/h15,19,25-27,29-35,44,51-52,56H,16-18,20-23H2,1-14H3,(H,45,50)(H,46,53)(H,47,54)/t25-,26+,27-,29-,30+,31-,32?,33+,34-,35-,43+/m1/s1. The number of likely N-dealkylation sites (N-methyl/N-ethyl adjacent to an activating group) is 1. The van der Waals surface area contributed by atoms with Crippen LogP contribution in [-0.4, -0.2) is 166 Å². The first kappa shape index (κ1) is 54.9. The zero-order valence-electron chi connectivity index (χ0n) is 40.0. The van der Waals surface area contributed by atoms with Gasteiger partial charge in [0.1, 0.15) is 52.8 Å². The molecule has 1 aliphatic carbocycles. The van der Waals surface area contributed by atoms with E-state index in [2.05, 4.69) is 21.3 Å². The molecule has 0 bridgehead atoms. The first-order valence-corrected chi connectivity index (χ1v) is 22.5. The minimum atomic E-state index is -1.82. The zero-order valence-corrected chi connectivity index (χ0v) is 40.8. The average molecular weight is 934 g/mol. The van der Waals surface area contributed by atoms with Gasteiger partial charge in [-0.05, 0) is 121 Å². The van der Waals surface area contributed by atoms with E-state index < -0.39 is 120 Å². The number of carbonyl (C=O) groups excluding carboxylic acids is 5. The van der Waals surface area contributed by atoms with Crippen molar-refractivity contribution in [1.82, 2.24) is 26.2 Å². The summed E-state index contributed by atoms with van der Waals surface area (Å²) in [4.78, 5) is 65.7. The number of hydrogen-bond acceptors (Lipinski definition) is 17. The molecule has 0 spiro atoms. The van der Waals surface area contributed by atoms with E-state index in [4.69, 9.17) is 32.6 Å². The van der Waals surface area contributed by atoms with E-state index in [1.54, 1.807) is 68.4 Å². The summed E-state index contributed by atoms with van der Waals surface area (Å²) in [6.07, 6.45) is -8.45. The van der Waals surface area contributed by atoms with Crippen molar-refractivity contribution in [3.63, 3.8) is 0 Å². The van der Waals surface area contributed by atoms with Gasteiger partial charge < -0.3 is 78.9 Å². The van der Waals surface area contributed by atoms with Crippen molar-refractivity contribution in [2.24, 2.45) is 5.92 Å². The minimum Gasteiger partial charge on any atom is -0.491 e. The molecule has 7 N–H and O–H groups in total. The van der Waals surface area contributed by atoms with E-state index in [0.717, 1.165) is 4.90 Å². The zero-order chi connectivity index (χ0) is 48.6.